The summed E-state index contributed by atoms with van der Waals surface area (Å²) >= 11 is 0. The van der Waals surface area contributed by atoms with Crippen molar-refractivity contribution in [2.24, 2.45) is 0 Å². The first kappa shape index (κ1) is 15.6. The number of likely N-dealkylation sites (tertiary alicyclic amines) is 1. The number of alkyl halides is 1. The molecule has 0 aromatic carbocycles. The lowest BCUT2D eigenvalue weighted by atomic mass is 10.0. The maximum atomic E-state index is 13.3. The van der Waals surface area contributed by atoms with Crippen molar-refractivity contribution in [2.45, 2.75) is 32.9 Å². The summed E-state index contributed by atoms with van der Waals surface area (Å²) in [5, 5.41) is 6.39. The highest BCUT2D eigenvalue weighted by Gasteiger charge is 2.37. The maximum absolute atomic E-state index is 13.3. The lowest BCUT2D eigenvalue weighted by Gasteiger charge is -2.41. The van der Waals surface area contributed by atoms with Gasteiger partial charge in [0, 0.05) is 25.3 Å². The average Bonchev–Trinajstić information content (AvgIpc) is 2.78. The molecular formula is C14H21FN3O3+. The molecule has 116 valence electrons. The Balaban J connectivity index is 2.03. The molecule has 1 aromatic heterocycles. The number of ketones is 1. The molecule has 21 heavy (non-hydrogen) atoms. The molecule has 2 rings (SSSR count). The Morgan fingerprint density at radius 2 is 2.10 bits per heavy atom. The molecule has 0 saturated carbocycles. The van der Waals surface area contributed by atoms with Gasteiger partial charge in [0.05, 0.1) is 13.1 Å². The topological polar surface area (TPSA) is 72.2 Å². The summed E-state index contributed by atoms with van der Waals surface area (Å²) in [6.45, 7) is 4.70. The van der Waals surface area contributed by atoms with Crippen molar-refractivity contribution in [1.82, 2.24) is 5.16 Å². The van der Waals surface area contributed by atoms with E-state index in [4.69, 9.17) is 4.52 Å². The zero-order chi connectivity index (χ0) is 15.5. The first-order valence-corrected chi connectivity index (χ1v) is 7.10. The van der Waals surface area contributed by atoms with E-state index < -0.39 is 6.17 Å². The van der Waals surface area contributed by atoms with Gasteiger partial charge in [0.25, 0.3) is 5.91 Å². The molecule has 2 heterocycles. The lowest BCUT2D eigenvalue weighted by molar-refractivity contribution is -0.918. The van der Waals surface area contributed by atoms with Gasteiger partial charge in [-0.05, 0) is 6.92 Å². The highest BCUT2D eigenvalue weighted by atomic mass is 19.1. The fraction of sp³-hybridized carbons (Fsp3) is 0.643. The molecule has 1 fully saturated rings. The second-order valence-electron chi connectivity index (χ2n) is 5.88. The number of anilines is 1. The molecule has 1 amide bonds. The smallest absolute Gasteiger partial charge is 0.280 e. The minimum Gasteiger partial charge on any atom is -0.362 e. The van der Waals surface area contributed by atoms with E-state index in [-0.39, 0.29) is 24.8 Å². The van der Waals surface area contributed by atoms with Crippen LogP contribution in [-0.2, 0) is 9.59 Å². The number of rotatable bonds is 5. The number of halogens is 1. The van der Waals surface area contributed by atoms with Crippen molar-refractivity contribution in [1.29, 1.82) is 0 Å². The van der Waals surface area contributed by atoms with Gasteiger partial charge in [0.15, 0.2) is 18.1 Å². The Morgan fingerprint density at radius 1 is 1.43 bits per heavy atom. The molecule has 0 aliphatic carbocycles. The van der Waals surface area contributed by atoms with Crippen molar-refractivity contribution in [2.75, 3.05) is 31.5 Å². The first-order valence-electron chi connectivity index (χ1n) is 7.10. The van der Waals surface area contributed by atoms with Crippen LogP contribution in [0.25, 0.3) is 0 Å². The fourth-order valence-electron chi connectivity index (χ4n) is 2.81. The van der Waals surface area contributed by atoms with Gasteiger partial charge in [0.1, 0.15) is 19.0 Å². The first-order chi connectivity index (χ1) is 9.90. The molecule has 0 spiro atoms. The van der Waals surface area contributed by atoms with Gasteiger partial charge in [-0.1, -0.05) is 5.16 Å². The van der Waals surface area contributed by atoms with Crippen LogP contribution in [0.2, 0.25) is 0 Å². The van der Waals surface area contributed by atoms with Crippen molar-refractivity contribution in [3.05, 3.63) is 11.8 Å². The summed E-state index contributed by atoms with van der Waals surface area (Å²) < 4.78 is 18.4. The maximum Gasteiger partial charge on any atom is 0.280 e. The van der Waals surface area contributed by atoms with E-state index in [1.54, 1.807) is 6.92 Å². The number of carbonyl (C=O) groups is 2. The second-order valence-corrected chi connectivity index (χ2v) is 5.88. The van der Waals surface area contributed by atoms with Crippen LogP contribution in [-0.4, -0.2) is 53.7 Å². The average molecular weight is 298 g/mol. The number of quaternary nitrogens is 1. The largest absolute Gasteiger partial charge is 0.362 e. The summed E-state index contributed by atoms with van der Waals surface area (Å²) in [7, 11) is 0. The zero-order valence-electron chi connectivity index (χ0n) is 12.4. The fourth-order valence-corrected chi connectivity index (χ4v) is 2.81. The Bertz CT molecular complexity index is 521. The van der Waals surface area contributed by atoms with Crippen LogP contribution in [0.5, 0.6) is 0 Å². The second kappa shape index (κ2) is 6.34. The van der Waals surface area contributed by atoms with E-state index in [0.717, 1.165) is 5.56 Å². The number of hydrogen-bond donors (Lipinski definition) is 1. The lowest BCUT2D eigenvalue weighted by Crippen LogP contribution is -2.58. The van der Waals surface area contributed by atoms with Crippen molar-refractivity contribution >= 4 is 17.5 Å². The molecule has 0 unspecified atom stereocenters. The van der Waals surface area contributed by atoms with Crippen molar-refractivity contribution in [3.8, 4) is 0 Å². The molecule has 1 aromatic rings. The normalized spacial score (nSPS) is 25.6. The Hall–Kier alpha value is -1.76. The van der Waals surface area contributed by atoms with E-state index in [2.05, 4.69) is 10.5 Å². The SMILES string of the molecule is CC(=O)C[N+]1(CC(=O)Nc2nocc2C)CCC(F)CC1. The van der Waals surface area contributed by atoms with Gasteiger partial charge in [-0.25, -0.2) is 4.39 Å². The summed E-state index contributed by atoms with van der Waals surface area (Å²) in [5.74, 6) is 0.171. The van der Waals surface area contributed by atoms with Gasteiger partial charge in [-0.15, -0.1) is 0 Å². The third-order valence-electron chi connectivity index (χ3n) is 3.88. The highest BCUT2D eigenvalue weighted by Crippen LogP contribution is 2.22. The van der Waals surface area contributed by atoms with Crippen LogP contribution in [0.4, 0.5) is 10.2 Å². The number of nitrogens with one attached hydrogen (secondary N) is 1. The molecule has 0 bridgehead atoms. The molecule has 1 aliphatic rings. The summed E-state index contributed by atoms with van der Waals surface area (Å²) in [6, 6.07) is 0. The predicted molar refractivity (Wildman–Crippen MR) is 74.4 cm³/mol. The number of aryl methyl sites for hydroxylation is 1. The van der Waals surface area contributed by atoms with E-state index in [0.29, 0.717) is 36.2 Å². The molecular weight excluding hydrogens is 277 g/mol. The Kier molecular flexibility index (Phi) is 4.72. The number of carbonyl (C=O) groups excluding carboxylic acids is 2. The zero-order valence-corrected chi connectivity index (χ0v) is 12.4. The number of aromatic nitrogens is 1. The van der Waals surface area contributed by atoms with E-state index in [1.165, 1.54) is 13.2 Å². The van der Waals surface area contributed by atoms with Gasteiger partial charge in [-0.2, -0.15) is 0 Å². The molecule has 1 N–H and O–H groups in total. The monoisotopic (exact) mass is 298 g/mol. The molecule has 0 radical (unpaired) electrons. The van der Waals surface area contributed by atoms with Crippen LogP contribution in [0.1, 0.15) is 25.3 Å². The van der Waals surface area contributed by atoms with E-state index in [9.17, 15) is 14.0 Å². The van der Waals surface area contributed by atoms with E-state index >= 15 is 0 Å². The molecule has 7 heteroatoms. The van der Waals surface area contributed by atoms with Crippen LogP contribution < -0.4 is 5.32 Å². The number of piperidine rings is 1. The standard InChI is InChI=1S/C14H20FN3O3/c1-10-9-21-17-14(10)16-13(20)8-18(7-11(2)19)5-3-12(15)4-6-18/h9,12H,3-8H2,1-2H3/p+1. The van der Waals surface area contributed by atoms with Gasteiger partial charge in [-0.3, -0.25) is 9.59 Å². The molecule has 0 atom stereocenters. The highest BCUT2D eigenvalue weighted by molar-refractivity contribution is 5.91. The number of Topliss-reactive ketones (excluding diaryl/α,β-unsaturated/α-hetero) is 1. The number of hydrogen-bond acceptors (Lipinski definition) is 4. The van der Waals surface area contributed by atoms with Crippen LogP contribution in [0, 0.1) is 6.92 Å². The van der Waals surface area contributed by atoms with E-state index in [1.807, 2.05) is 0 Å². The van der Waals surface area contributed by atoms with Gasteiger partial charge >= 0.3 is 0 Å². The third kappa shape index (κ3) is 4.10. The Labute approximate surface area is 122 Å². The summed E-state index contributed by atoms with van der Waals surface area (Å²) in [4.78, 5) is 23.7. The number of nitrogens with zero attached hydrogens (tertiary/aromatic N) is 2. The van der Waals surface area contributed by atoms with Gasteiger partial charge < -0.3 is 14.3 Å². The van der Waals surface area contributed by atoms with Crippen LogP contribution >= 0.6 is 0 Å². The van der Waals surface area contributed by atoms with Crippen molar-refractivity contribution < 1.29 is 23.0 Å². The predicted octanol–water partition coefficient (Wildman–Crippen LogP) is 1.46. The van der Waals surface area contributed by atoms with Gasteiger partial charge in [0.2, 0.25) is 0 Å². The van der Waals surface area contributed by atoms with Crippen LogP contribution in [0.15, 0.2) is 10.8 Å². The van der Waals surface area contributed by atoms with Crippen molar-refractivity contribution in [3.63, 3.8) is 0 Å². The number of amides is 1. The summed E-state index contributed by atoms with van der Waals surface area (Å²) in [5.41, 5.74) is 0.740. The minimum absolute atomic E-state index is 0.0118. The quantitative estimate of drug-likeness (QED) is 0.835. The third-order valence-corrected chi connectivity index (χ3v) is 3.88. The summed E-state index contributed by atoms with van der Waals surface area (Å²) in [6.07, 6.45) is 1.40. The Morgan fingerprint density at radius 3 is 2.62 bits per heavy atom. The minimum atomic E-state index is -0.830. The molecule has 1 aliphatic heterocycles. The van der Waals surface area contributed by atoms with Crippen LogP contribution in [0.3, 0.4) is 0 Å². The molecule has 1 saturated heterocycles. The molecule has 6 nitrogen and oxygen atoms in total.